The van der Waals surface area contributed by atoms with Crippen LogP contribution in [0.3, 0.4) is 0 Å². The smallest absolute Gasteiger partial charge is 0.379 e. The van der Waals surface area contributed by atoms with Gasteiger partial charge in [-0.25, -0.2) is 22.9 Å². The van der Waals surface area contributed by atoms with Crippen LogP contribution in [-0.4, -0.2) is 71.2 Å². The summed E-state index contributed by atoms with van der Waals surface area (Å²) in [6.07, 6.45) is -0.531. The summed E-state index contributed by atoms with van der Waals surface area (Å²) < 4.78 is 50.2. The molecule has 2 aromatic carbocycles. The molecule has 1 amide bonds. The fourth-order valence-corrected chi connectivity index (χ4v) is 4.76. The van der Waals surface area contributed by atoms with Crippen molar-refractivity contribution in [2.75, 3.05) is 39.4 Å². The van der Waals surface area contributed by atoms with Gasteiger partial charge in [0.05, 0.1) is 44.6 Å². The minimum absolute atomic E-state index is 0.213. The lowest BCUT2D eigenvalue weighted by atomic mass is 9.84. The number of halogens is 3. The highest BCUT2D eigenvalue weighted by atomic mass is 19.1. The van der Waals surface area contributed by atoms with Gasteiger partial charge in [-0.1, -0.05) is 45.0 Å². The molecule has 216 valence electrons. The number of nitrogens with zero attached hydrogens (tertiary/aromatic N) is 4. The third-order valence-corrected chi connectivity index (χ3v) is 6.61. The van der Waals surface area contributed by atoms with Crippen LogP contribution in [0.5, 0.6) is 0 Å². The topological polar surface area (TPSA) is 85.9 Å². The molecule has 1 fully saturated rings. The molecule has 0 unspecified atom stereocenters. The zero-order valence-electron chi connectivity index (χ0n) is 23.0. The Bertz CT molecular complexity index is 1290. The molecule has 2 N–H and O–H groups in total. The number of carbonyl (C=O) groups excluding carboxylic acids is 1. The van der Waals surface area contributed by atoms with Crippen LogP contribution in [0.25, 0.3) is 11.3 Å². The second-order valence-corrected chi connectivity index (χ2v) is 10.9. The van der Waals surface area contributed by atoms with Crippen LogP contribution in [0, 0.1) is 17.0 Å². The molecule has 1 aromatic heterocycles. The third kappa shape index (κ3) is 7.41. The lowest BCUT2D eigenvalue weighted by Crippen LogP contribution is -2.49. The predicted molar refractivity (Wildman–Crippen MR) is 145 cm³/mol. The summed E-state index contributed by atoms with van der Waals surface area (Å²) in [5, 5.41) is 1.49. The zero-order valence-corrected chi connectivity index (χ0v) is 23.0. The number of hydrogen-bond donors (Lipinski definition) is 1. The average molecular weight is 560 g/mol. The molecule has 8 nitrogen and oxygen atoms in total. The molecule has 11 heteroatoms. The fourth-order valence-electron chi connectivity index (χ4n) is 4.76. The number of benzene rings is 2. The number of morpholine rings is 1. The van der Waals surface area contributed by atoms with Crippen molar-refractivity contribution in [2.45, 2.75) is 39.5 Å². The second-order valence-electron chi connectivity index (χ2n) is 10.9. The molecule has 1 aliphatic rings. The zero-order chi connectivity index (χ0) is 28.9. The monoisotopic (exact) mass is 559 g/mol. The van der Waals surface area contributed by atoms with Gasteiger partial charge in [0.15, 0.2) is 0 Å². The lowest BCUT2D eigenvalue weighted by Gasteiger charge is -2.40. The summed E-state index contributed by atoms with van der Waals surface area (Å²) in [4.78, 5) is 25.5. The Hall–Kier alpha value is -3.41. The van der Waals surface area contributed by atoms with E-state index in [4.69, 9.17) is 20.3 Å². The van der Waals surface area contributed by atoms with Gasteiger partial charge in [-0.05, 0) is 35.2 Å². The van der Waals surface area contributed by atoms with Crippen LogP contribution in [0.2, 0.25) is 0 Å². The van der Waals surface area contributed by atoms with E-state index in [0.717, 1.165) is 0 Å². The number of hydrogen-bond acceptors (Lipinski definition) is 6. The number of amides is 1. The molecule has 1 saturated heterocycles. The standard InChI is InChI=1S/C29H36F3N5O3/c1-29(2,3)26(37(18-24(32)16-33)28(38)40-36-10-12-39-13-11-36)27-34-25(21-7-5-9-23(31)15-21)19-35(27)17-20-6-4-8-22(30)14-20/h4-9,14-15,19,24,26H,10-13,16-18,33H2,1-3H3/t24-,26-/m0/s1. The lowest BCUT2D eigenvalue weighted by molar-refractivity contribution is -0.159. The Morgan fingerprint density at radius 1 is 1.12 bits per heavy atom. The Labute approximate surface area is 232 Å². The highest BCUT2D eigenvalue weighted by Gasteiger charge is 2.41. The van der Waals surface area contributed by atoms with E-state index in [2.05, 4.69) is 0 Å². The van der Waals surface area contributed by atoms with E-state index in [1.54, 1.807) is 35.0 Å². The molecule has 1 aliphatic heterocycles. The first-order valence-electron chi connectivity index (χ1n) is 13.3. The van der Waals surface area contributed by atoms with Crippen LogP contribution in [0.4, 0.5) is 18.0 Å². The van der Waals surface area contributed by atoms with Crippen LogP contribution in [0.15, 0.2) is 54.7 Å². The number of aromatic nitrogens is 2. The first-order chi connectivity index (χ1) is 19.0. The maximum Gasteiger partial charge on any atom is 0.429 e. The summed E-state index contributed by atoms with van der Waals surface area (Å²) in [5.41, 5.74) is 6.60. The summed E-state index contributed by atoms with van der Waals surface area (Å²) >= 11 is 0. The number of ether oxygens (including phenoxy) is 1. The first-order valence-corrected chi connectivity index (χ1v) is 13.3. The van der Waals surface area contributed by atoms with Crippen LogP contribution < -0.4 is 5.73 Å². The van der Waals surface area contributed by atoms with Crippen LogP contribution in [-0.2, 0) is 16.1 Å². The number of nitrogens with two attached hydrogens (primary N) is 1. The van der Waals surface area contributed by atoms with Crippen LogP contribution >= 0.6 is 0 Å². The van der Waals surface area contributed by atoms with Gasteiger partial charge in [0.2, 0.25) is 0 Å². The van der Waals surface area contributed by atoms with Gasteiger partial charge < -0.3 is 19.9 Å². The second kappa shape index (κ2) is 12.8. The van der Waals surface area contributed by atoms with Gasteiger partial charge in [0.25, 0.3) is 0 Å². The molecular formula is C29H36F3N5O3. The van der Waals surface area contributed by atoms with Gasteiger partial charge >= 0.3 is 6.09 Å². The molecule has 0 saturated carbocycles. The molecule has 0 radical (unpaired) electrons. The Kier molecular flexibility index (Phi) is 9.49. The van der Waals surface area contributed by atoms with Crippen molar-refractivity contribution < 1.29 is 27.5 Å². The summed E-state index contributed by atoms with van der Waals surface area (Å²) in [6, 6.07) is 11.4. The van der Waals surface area contributed by atoms with Crippen molar-refractivity contribution in [3.8, 4) is 11.3 Å². The van der Waals surface area contributed by atoms with E-state index >= 15 is 0 Å². The van der Waals surface area contributed by atoms with E-state index in [9.17, 15) is 18.0 Å². The van der Waals surface area contributed by atoms with Gasteiger partial charge in [-0.15, -0.1) is 5.06 Å². The van der Waals surface area contributed by atoms with Crippen molar-refractivity contribution >= 4 is 6.09 Å². The number of imidazole rings is 1. The SMILES string of the molecule is CC(C)(C)[C@H](c1nc(-c2cccc(F)c2)cn1Cc1cccc(F)c1)N(C[C@@H](F)CN)C(=O)ON1CCOCC1. The summed E-state index contributed by atoms with van der Waals surface area (Å²) in [7, 11) is 0. The van der Waals surface area contributed by atoms with Crippen molar-refractivity contribution in [3.63, 3.8) is 0 Å². The molecule has 2 heterocycles. The highest BCUT2D eigenvalue weighted by Crippen LogP contribution is 2.40. The van der Waals surface area contributed by atoms with Crippen LogP contribution in [0.1, 0.15) is 38.2 Å². The van der Waals surface area contributed by atoms with E-state index in [1.165, 1.54) is 34.2 Å². The van der Waals surface area contributed by atoms with E-state index in [1.807, 2.05) is 20.8 Å². The van der Waals surface area contributed by atoms with Gasteiger partial charge in [0.1, 0.15) is 23.6 Å². The Balaban J connectivity index is 1.81. The van der Waals surface area contributed by atoms with Crippen molar-refractivity contribution in [2.24, 2.45) is 11.1 Å². The maximum absolute atomic E-state index is 14.9. The molecule has 2 atom stereocenters. The fraction of sp³-hybridized carbons (Fsp3) is 0.448. The number of rotatable bonds is 9. The molecule has 40 heavy (non-hydrogen) atoms. The Morgan fingerprint density at radius 3 is 2.42 bits per heavy atom. The molecule has 4 rings (SSSR count). The van der Waals surface area contributed by atoms with E-state index in [-0.39, 0.29) is 19.6 Å². The Morgan fingerprint density at radius 2 is 1.80 bits per heavy atom. The average Bonchev–Trinajstić information content (AvgIpc) is 3.30. The normalized spacial score (nSPS) is 16.0. The van der Waals surface area contributed by atoms with Gasteiger partial charge in [-0.3, -0.25) is 4.90 Å². The summed E-state index contributed by atoms with van der Waals surface area (Å²) in [5.74, 6) is -0.403. The van der Waals surface area contributed by atoms with Gasteiger partial charge in [0, 0.05) is 24.8 Å². The quantitative estimate of drug-likeness (QED) is 0.400. The summed E-state index contributed by atoms with van der Waals surface area (Å²) in [6.45, 7) is 6.89. The van der Waals surface area contributed by atoms with E-state index < -0.39 is 35.4 Å². The van der Waals surface area contributed by atoms with Gasteiger partial charge in [-0.2, -0.15) is 0 Å². The first kappa shape index (κ1) is 29.6. The third-order valence-electron chi connectivity index (χ3n) is 6.61. The molecule has 0 spiro atoms. The number of carbonyl (C=O) groups is 1. The minimum Gasteiger partial charge on any atom is -0.379 e. The molecule has 0 bridgehead atoms. The molecular weight excluding hydrogens is 523 g/mol. The predicted octanol–water partition coefficient (Wildman–Crippen LogP) is 4.95. The van der Waals surface area contributed by atoms with Crippen molar-refractivity contribution in [1.29, 1.82) is 0 Å². The maximum atomic E-state index is 14.9. The van der Waals surface area contributed by atoms with E-state index in [0.29, 0.717) is 48.9 Å². The van der Waals surface area contributed by atoms with Crippen molar-refractivity contribution in [3.05, 3.63) is 77.8 Å². The molecule has 0 aliphatic carbocycles. The minimum atomic E-state index is -1.52. The molecule has 3 aromatic rings. The number of hydroxylamine groups is 2. The largest absolute Gasteiger partial charge is 0.429 e. The number of alkyl halides is 1. The van der Waals surface area contributed by atoms with Crippen molar-refractivity contribution in [1.82, 2.24) is 19.5 Å². The highest BCUT2D eigenvalue weighted by molar-refractivity contribution is 5.68.